The number of anilines is 2. The van der Waals surface area contributed by atoms with Gasteiger partial charge in [0, 0.05) is 31.9 Å². The van der Waals surface area contributed by atoms with Crippen LogP contribution in [0.4, 0.5) is 11.4 Å². The van der Waals surface area contributed by atoms with Gasteiger partial charge in [-0.2, -0.15) is 0 Å². The zero-order valence-electron chi connectivity index (χ0n) is 14.4. The molecule has 7 heteroatoms. The summed E-state index contributed by atoms with van der Waals surface area (Å²) in [5.74, 6) is -0.0495. The summed E-state index contributed by atoms with van der Waals surface area (Å²) in [5.41, 5.74) is 3.94. The van der Waals surface area contributed by atoms with E-state index in [9.17, 15) is 9.59 Å². The van der Waals surface area contributed by atoms with Gasteiger partial charge < -0.3 is 20.2 Å². The molecule has 0 aliphatic carbocycles. The first-order valence-electron chi connectivity index (χ1n) is 8.89. The van der Waals surface area contributed by atoms with Crippen molar-refractivity contribution < 1.29 is 4.79 Å². The number of rotatable bonds is 5. The van der Waals surface area contributed by atoms with Gasteiger partial charge >= 0.3 is 5.69 Å². The van der Waals surface area contributed by atoms with Crippen LogP contribution in [0, 0.1) is 0 Å². The van der Waals surface area contributed by atoms with Gasteiger partial charge in [-0.15, -0.1) is 0 Å². The van der Waals surface area contributed by atoms with Crippen molar-refractivity contribution in [3.63, 3.8) is 0 Å². The van der Waals surface area contributed by atoms with E-state index in [1.54, 1.807) is 12.4 Å². The van der Waals surface area contributed by atoms with E-state index in [0.717, 1.165) is 48.4 Å². The van der Waals surface area contributed by atoms with Crippen LogP contribution >= 0.6 is 0 Å². The second-order valence-corrected chi connectivity index (χ2v) is 6.60. The summed E-state index contributed by atoms with van der Waals surface area (Å²) in [7, 11) is 0. The van der Waals surface area contributed by atoms with E-state index in [1.165, 1.54) is 0 Å². The lowest BCUT2D eigenvalue weighted by atomic mass is 10.1. The van der Waals surface area contributed by atoms with Crippen molar-refractivity contribution in [2.45, 2.75) is 25.7 Å². The van der Waals surface area contributed by atoms with E-state index >= 15 is 0 Å². The molecule has 0 spiro atoms. The molecule has 3 heterocycles. The van der Waals surface area contributed by atoms with Crippen LogP contribution in [0.25, 0.3) is 11.0 Å². The number of nitrogens with one attached hydrogen (secondary N) is 3. The van der Waals surface area contributed by atoms with Gasteiger partial charge in [0.05, 0.1) is 22.4 Å². The number of aromatic nitrogens is 3. The van der Waals surface area contributed by atoms with E-state index in [2.05, 4.69) is 25.2 Å². The Morgan fingerprint density at radius 2 is 1.96 bits per heavy atom. The van der Waals surface area contributed by atoms with Gasteiger partial charge in [0.15, 0.2) is 0 Å². The first-order valence-corrected chi connectivity index (χ1v) is 8.89. The Balaban J connectivity index is 1.56. The topological polar surface area (TPSA) is 93.9 Å². The third kappa shape index (κ3) is 3.46. The Bertz CT molecular complexity index is 971. The van der Waals surface area contributed by atoms with Crippen LogP contribution < -0.4 is 15.9 Å². The fourth-order valence-corrected chi connectivity index (χ4v) is 3.41. The minimum absolute atomic E-state index is 0.0495. The molecule has 1 aromatic carbocycles. The molecule has 1 saturated heterocycles. The van der Waals surface area contributed by atoms with Crippen molar-refractivity contribution in [3.05, 3.63) is 52.7 Å². The lowest BCUT2D eigenvalue weighted by Gasteiger charge is -2.22. The number of hydrogen-bond donors (Lipinski definition) is 3. The van der Waals surface area contributed by atoms with Crippen molar-refractivity contribution >= 4 is 28.3 Å². The predicted octanol–water partition coefficient (Wildman–Crippen LogP) is 2.42. The summed E-state index contributed by atoms with van der Waals surface area (Å²) in [6.45, 7) is 1.91. The van der Waals surface area contributed by atoms with Gasteiger partial charge in [0.25, 0.3) is 0 Å². The molecular formula is C19H21N5O2. The average Bonchev–Trinajstić information content (AvgIpc) is 3.28. The quantitative estimate of drug-likeness (QED) is 0.658. The number of pyridine rings is 1. The molecule has 0 bridgehead atoms. The normalized spacial score (nSPS) is 14.1. The van der Waals surface area contributed by atoms with Gasteiger partial charge in [0.2, 0.25) is 5.91 Å². The van der Waals surface area contributed by atoms with Gasteiger partial charge in [0.1, 0.15) is 0 Å². The highest BCUT2D eigenvalue weighted by molar-refractivity contribution is 5.98. The highest BCUT2D eigenvalue weighted by Crippen LogP contribution is 2.32. The van der Waals surface area contributed by atoms with E-state index in [4.69, 9.17) is 0 Å². The van der Waals surface area contributed by atoms with Crippen LogP contribution in [0.1, 0.15) is 24.8 Å². The summed E-state index contributed by atoms with van der Waals surface area (Å²) >= 11 is 0. The third-order valence-corrected chi connectivity index (χ3v) is 4.72. The Morgan fingerprint density at radius 1 is 1.19 bits per heavy atom. The fourth-order valence-electron chi connectivity index (χ4n) is 3.41. The number of fused-ring (bicyclic) bond motifs is 1. The molecular weight excluding hydrogens is 330 g/mol. The van der Waals surface area contributed by atoms with Gasteiger partial charge in [-0.1, -0.05) is 6.07 Å². The van der Waals surface area contributed by atoms with Crippen molar-refractivity contribution in [2.75, 3.05) is 23.3 Å². The summed E-state index contributed by atoms with van der Waals surface area (Å²) in [6.07, 6.45) is 6.79. The first-order chi connectivity index (χ1) is 12.7. The average molecular weight is 351 g/mol. The van der Waals surface area contributed by atoms with Crippen LogP contribution in [0.5, 0.6) is 0 Å². The van der Waals surface area contributed by atoms with E-state index < -0.39 is 0 Å². The fraction of sp³-hybridized carbons (Fsp3) is 0.316. The molecule has 4 rings (SSSR count). The minimum atomic E-state index is -0.243. The van der Waals surface area contributed by atoms with Crippen LogP contribution in [0.3, 0.4) is 0 Å². The third-order valence-electron chi connectivity index (χ3n) is 4.72. The smallest absolute Gasteiger partial charge is 0.323 e. The summed E-state index contributed by atoms with van der Waals surface area (Å²) < 4.78 is 0. The molecule has 0 saturated carbocycles. The number of benzene rings is 1. The maximum absolute atomic E-state index is 12.5. The maximum atomic E-state index is 12.5. The number of nitrogens with zero attached hydrogens (tertiary/aromatic N) is 2. The lowest BCUT2D eigenvalue weighted by molar-refractivity contribution is -0.116. The van der Waals surface area contributed by atoms with Gasteiger partial charge in [-0.05, 0) is 43.0 Å². The number of carbonyl (C=O) groups is 1. The maximum Gasteiger partial charge on any atom is 0.323 e. The Morgan fingerprint density at radius 3 is 2.69 bits per heavy atom. The van der Waals surface area contributed by atoms with Crippen LogP contribution in [-0.4, -0.2) is 33.9 Å². The highest BCUT2D eigenvalue weighted by Gasteiger charge is 2.18. The monoisotopic (exact) mass is 351 g/mol. The van der Waals surface area contributed by atoms with E-state index in [1.807, 2.05) is 24.3 Å². The zero-order chi connectivity index (χ0) is 17.9. The molecule has 26 heavy (non-hydrogen) atoms. The van der Waals surface area contributed by atoms with E-state index in [-0.39, 0.29) is 11.6 Å². The van der Waals surface area contributed by atoms with Crippen molar-refractivity contribution in [1.29, 1.82) is 0 Å². The van der Waals surface area contributed by atoms with Crippen LogP contribution in [-0.2, 0) is 11.2 Å². The Hall–Kier alpha value is -3.09. The molecule has 1 amide bonds. The largest absolute Gasteiger partial charge is 0.370 e. The molecule has 0 radical (unpaired) electrons. The lowest BCUT2D eigenvalue weighted by Crippen LogP contribution is -2.21. The molecule has 134 valence electrons. The number of amides is 1. The molecule has 3 aromatic rings. The molecule has 0 unspecified atom stereocenters. The van der Waals surface area contributed by atoms with Gasteiger partial charge in [-0.3, -0.25) is 9.78 Å². The van der Waals surface area contributed by atoms with Crippen LogP contribution in [0.2, 0.25) is 0 Å². The molecule has 7 nitrogen and oxygen atoms in total. The molecule has 1 aliphatic rings. The molecule has 1 aliphatic heterocycles. The number of aryl methyl sites for hydroxylation is 1. The Kier molecular flexibility index (Phi) is 4.43. The van der Waals surface area contributed by atoms with E-state index in [0.29, 0.717) is 18.4 Å². The minimum Gasteiger partial charge on any atom is -0.370 e. The SMILES string of the molecule is O=C(CCc1cccnc1)Nc1cc2[nH]c(=O)[nH]c2cc1N1CCCC1. The summed E-state index contributed by atoms with van der Waals surface area (Å²) in [6, 6.07) is 7.61. The standard InChI is InChI=1S/C19H21N5O2/c25-18(6-5-13-4-3-7-20-12-13)21-16-10-14-15(23-19(26)22-14)11-17(16)24-8-1-2-9-24/h3-4,7,10-12H,1-2,5-6,8-9H2,(H,21,25)(H2,22,23,26). The second-order valence-electron chi connectivity index (χ2n) is 6.60. The first kappa shape index (κ1) is 16.4. The number of hydrogen-bond acceptors (Lipinski definition) is 4. The zero-order valence-corrected chi connectivity index (χ0v) is 14.4. The molecule has 3 N–H and O–H groups in total. The summed E-state index contributed by atoms with van der Waals surface area (Å²) in [5, 5.41) is 3.02. The molecule has 1 fully saturated rings. The number of H-pyrrole nitrogens is 2. The molecule has 2 aromatic heterocycles. The second kappa shape index (κ2) is 7.03. The van der Waals surface area contributed by atoms with Crippen molar-refractivity contribution in [1.82, 2.24) is 15.0 Å². The predicted molar refractivity (Wildman–Crippen MR) is 102 cm³/mol. The summed E-state index contributed by atoms with van der Waals surface area (Å²) in [4.78, 5) is 35.9. The van der Waals surface area contributed by atoms with Crippen molar-refractivity contribution in [2.24, 2.45) is 0 Å². The number of aromatic amines is 2. The highest BCUT2D eigenvalue weighted by atomic mass is 16.1. The number of imidazole rings is 1. The number of carbonyl (C=O) groups excluding carboxylic acids is 1. The van der Waals surface area contributed by atoms with Gasteiger partial charge in [-0.25, -0.2) is 4.79 Å². The Labute approximate surface area is 150 Å². The van der Waals surface area contributed by atoms with Crippen LogP contribution in [0.15, 0.2) is 41.5 Å². The molecule has 0 atom stereocenters. The van der Waals surface area contributed by atoms with Crippen molar-refractivity contribution in [3.8, 4) is 0 Å².